The van der Waals surface area contributed by atoms with Gasteiger partial charge in [-0.05, 0) is 87.2 Å². The number of rotatable bonds is 4. The molecule has 4 bridgehead atoms. The van der Waals surface area contributed by atoms with Crippen LogP contribution in [-0.4, -0.2) is 24.3 Å². The first-order valence-corrected chi connectivity index (χ1v) is 12.1. The third-order valence-corrected chi connectivity index (χ3v) is 9.89. The van der Waals surface area contributed by atoms with Gasteiger partial charge in [-0.15, -0.1) is 11.3 Å². The average molecular weight is 324 g/mol. The normalized spacial score (nSPS) is 38.9. The lowest BCUT2D eigenvalue weighted by atomic mass is 9.53. The summed E-state index contributed by atoms with van der Waals surface area (Å²) >= 11 is 2.04. The second-order valence-electron chi connectivity index (χ2n) is 8.61. The van der Waals surface area contributed by atoms with Gasteiger partial charge in [0.2, 0.25) is 0 Å². The van der Waals surface area contributed by atoms with E-state index in [2.05, 4.69) is 36.2 Å². The Labute approximate surface area is 135 Å². The fraction of sp³-hybridized carbons (Fsp3) is 0.778. The summed E-state index contributed by atoms with van der Waals surface area (Å²) in [6.07, 6.45) is 16.2. The Bertz CT molecular complexity index is 490. The minimum Gasteiger partial charge on any atom is -0.306 e. The number of hydrogen-bond acceptors (Lipinski definition) is 2. The van der Waals surface area contributed by atoms with E-state index in [0.29, 0.717) is 5.54 Å². The van der Waals surface area contributed by atoms with Crippen molar-refractivity contribution < 1.29 is 0 Å². The van der Waals surface area contributed by atoms with Gasteiger partial charge in [0.25, 0.3) is 0 Å². The lowest BCUT2D eigenvalue weighted by molar-refractivity contribution is -0.0204. The molecule has 4 aliphatic carbocycles. The summed E-state index contributed by atoms with van der Waals surface area (Å²) in [6, 6.07) is 4.74. The second-order valence-corrected chi connectivity index (χ2v) is 14.2. The Balaban J connectivity index is 1.44. The Hall–Kier alpha value is 0.01000. The van der Waals surface area contributed by atoms with Crippen LogP contribution in [0.3, 0.4) is 0 Å². The molecule has 5 rings (SSSR count). The first kappa shape index (κ1) is 14.6. The average Bonchev–Trinajstić information content (AvgIpc) is 2.83. The molecule has 0 aliphatic heterocycles. The molecule has 3 heteroatoms. The van der Waals surface area contributed by atoms with Crippen molar-refractivity contribution in [2.24, 2.45) is 17.8 Å². The van der Waals surface area contributed by atoms with E-state index < -0.39 is 10.0 Å². The molecule has 0 aromatic carbocycles. The molecule has 0 saturated heterocycles. The van der Waals surface area contributed by atoms with E-state index in [1.54, 1.807) is 9.09 Å². The van der Waals surface area contributed by atoms with Gasteiger partial charge in [0.05, 0.1) is 0 Å². The van der Waals surface area contributed by atoms with E-state index in [4.69, 9.17) is 0 Å². The number of nitrogens with one attached hydrogen (secondary N) is 1. The maximum Gasteiger partial charge on any atom is 0.0425 e. The predicted octanol–water partition coefficient (Wildman–Crippen LogP) is 4.86. The van der Waals surface area contributed by atoms with Crippen LogP contribution in [-0.2, 0) is 6.54 Å². The Morgan fingerprint density at radius 3 is 2.10 bits per heavy atom. The van der Waals surface area contributed by atoms with Crippen LogP contribution < -0.4 is 5.32 Å². The summed E-state index contributed by atoms with van der Waals surface area (Å²) in [4.78, 5) is 1.54. The Morgan fingerprint density at radius 2 is 1.62 bits per heavy atom. The monoisotopic (exact) mass is 323 g/mol. The number of hydrogen-bond donors (Lipinski definition) is 1. The molecule has 118 valence electrons. The molecule has 0 amide bonds. The lowest BCUT2D eigenvalue weighted by Crippen LogP contribution is -2.58. The van der Waals surface area contributed by atoms with Crippen molar-refractivity contribution in [3.63, 3.8) is 0 Å². The molecule has 4 fully saturated rings. The van der Waals surface area contributed by atoms with Crippen LogP contribution in [0.4, 0.5) is 0 Å². The van der Waals surface area contributed by atoms with Crippen molar-refractivity contribution in [2.45, 2.75) is 54.8 Å². The summed E-state index contributed by atoms with van der Waals surface area (Å²) < 4.78 is 1.60. The van der Waals surface area contributed by atoms with E-state index >= 15 is 0 Å². The third-order valence-electron chi connectivity index (χ3n) is 5.92. The molecule has 21 heavy (non-hydrogen) atoms. The van der Waals surface area contributed by atoms with E-state index in [9.17, 15) is 0 Å². The topological polar surface area (TPSA) is 12.0 Å². The summed E-state index contributed by atoms with van der Waals surface area (Å²) in [5.41, 5.74) is 0.507. The zero-order chi connectivity index (χ0) is 14.7. The van der Waals surface area contributed by atoms with Gasteiger partial charge >= 0.3 is 0 Å². The van der Waals surface area contributed by atoms with Gasteiger partial charge in [-0.3, -0.25) is 0 Å². The highest BCUT2D eigenvalue weighted by molar-refractivity contribution is 8.33. The highest BCUT2D eigenvalue weighted by atomic mass is 32.3. The van der Waals surface area contributed by atoms with Crippen molar-refractivity contribution >= 4 is 21.4 Å². The first-order chi connectivity index (χ1) is 9.92. The third kappa shape index (κ3) is 2.82. The molecule has 1 heterocycles. The molecule has 4 saturated carbocycles. The van der Waals surface area contributed by atoms with Gasteiger partial charge in [-0.25, -0.2) is 10.0 Å². The molecule has 1 aromatic heterocycles. The SMILES string of the molecule is CS(C)(C)c1ccc(CNC23CC4CC(CC(C4)C2)C3)s1. The molecular formula is C18H29NS2. The van der Waals surface area contributed by atoms with Gasteiger partial charge in [-0.1, -0.05) is 0 Å². The van der Waals surface area contributed by atoms with Gasteiger partial charge < -0.3 is 5.32 Å². The Kier molecular flexibility index (Phi) is 3.48. The number of thiophene rings is 1. The van der Waals surface area contributed by atoms with E-state index in [-0.39, 0.29) is 0 Å². The highest BCUT2D eigenvalue weighted by Crippen LogP contribution is 2.56. The van der Waals surface area contributed by atoms with Crippen LogP contribution >= 0.6 is 21.4 Å². The van der Waals surface area contributed by atoms with Crippen molar-refractivity contribution in [1.82, 2.24) is 5.32 Å². The molecule has 0 radical (unpaired) electrons. The smallest absolute Gasteiger partial charge is 0.0425 e. The van der Waals surface area contributed by atoms with Gasteiger partial charge in [0.1, 0.15) is 0 Å². The molecule has 1 nitrogen and oxygen atoms in total. The fourth-order valence-electron chi connectivity index (χ4n) is 5.38. The summed E-state index contributed by atoms with van der Waals surface area (Å²) in [7, 11) is -0.555. The van der Waals surface area contributed by atoms with E-state index in [1.807, 2.05) is 11.3 Å². The van der Waals surface area contributed by atoms with Crippen molar-refractivity contribution in [2.75, 3.05) is 18.8 Å². The van der Waals surface area contributed by atoms with E-state index in [0.717, 1.165) is 24.3 Å². The second kappa shape index (κ2) is 5.01. The maximum atomic E-state index is 4.03. The van der Waals surface area contributed by atoms with Crippen LogP contribution in [0.1, 0.15) is 43.4 Å². The van der Waals surface area contributed by atoms with Crippen molar-refractivity contribution in [3.05, 3.63) is 17.0 Å². The summed E-state index contributed by atoms with van der Waals surface area (Å²) in [5.74, 6) is 3.13. The molecule has 1 N–H and O–H groups in total. The van der Waals surface area contributed by atoms with Gasteiger partial charge in [0, 0.05) is 21.2 Å². The molecule has 0 spiro atoms. The van der Waals surface area contributed by atoms with Crippen molar-refractivity contribution in [3.8, 4) is 0 Å². The minimum atomic E-state index is -0.555. The van der Waals surface area contributed by atoms with Gasteiger partial charge in [0.15, 0.2) is 0 Å². The first-order valence-electron chi connectivity index (χ1n) is 8.44. The van der Waals surface area contributed by atoms with Crippen LogP contribution in [0.2, 0.25) is 0 Å². The quantitative estimate of drug-likeness (QED) is 0.834. The van der Waals surface area contributed by atoms with Crippen molar-refractivity contribution in [1.29, 1.82) is 0 Å². The zero-order valence-corrected chi connectivity index (χ0v) is 15.3. The molecule has 1 aromatic rings. The van der Waals surface area contributed by atoms with Gasteiger partial charge in [-0.2, -0.15) is 0 Å². The molecule has 4 aliphatic rings. The van der Waals surface area contributed by atoms with E-state index in [1.165, 1.54) is 38.5 Å². The largest absolute Gasteiger partial charge is 0.306 e. The zero-order valence-electron chi connectivity index (χ0n) is 13.7. The van der Waals surface area contributed by atoms with Crippen LogP contribution in [0.15, 0.2) is 16.3 Å². The Morgan fingerprint density at radius 1 is 1.05 bits per heavy atom. The molecular weight excluding hydrogens is 294 g/mol. The minimum absolute atomic E-state index is 0.507. The lowest BCUT2D eigenvalue weighted by Gasteiger charge is -2.57. The predicted molar refractivity (Wildman–Crippen MR) is 95.7 cm³/mol. The standard InChI is InChI=1S/C18H29NS2/c1-21(2,3)17-5-4-16(20-17)12-19-18-9-13-6-14(10-18)8-15(7-13)11-18/h4-5,13-15,19H,6-12H2,1-3H3. The van der Waals surface area contributed by atoms with Crippen LogP contribution in [0, 0.1) is 17.8 Å². The molecule has 0 atom stereocenters. The van der Waals surface area contributed by atoms with Crippen LogP contribution in [0.5, 0.6) is 0 Å². The summed E-state index contributed by atoms with van der Waals surface area (Å²) in [6.45, 7) is 1.10. The fourth-order valence-corrected chi connectivity index (χ4v) is 7.86. The highest BCUT2D eigenvalue weighted by Gasteiger charge is 2.50. The maximum absolute atomic E-state index is 4.03. The molecule has 0 unspecified atom stereocenters. The van der Waals surface area contributed by atoms with Crippen LogP contribution in [0.25, 0.3) is 0 Å². The summed E-state index contributed by atoms with van der Waals surface area (Å²) in [5, 5.41) is 4.03.